The molecular formula is C15H16FN5OS. The van der Waals surface area contributed by atoms with Crippen LogP contribution < -0.4 is 0 Å². The van der Waals surface area contributed by atoms with Gasteiger partial charge in [-0.15, -0.1) is 10.2 Å². The van der Waals surface area contributed by atoms with Crippen LogP contribution in [0.4, 0.5) is 4.39 Å². The van der Waals surface area contributed by atoms with Gasteiger partial charge in [-0.1, -0.05) is 29.1 Å². The number of nitrogens with zero attached hydrogens (tertiary/aromatic N) is 5. The van der Waals surface area contributed by atoms with Crippen molar-refractivity contribution in [2.45, 2.75) is 24.9 Å². The molecule has 0 atom stereocenters. The summed E-state index contributed by atoms with van der Waals surface area (Å²) in [6.07, 6.45) is 3.22. The van der Waals surface area contributed by atoms with E-state index in [2.05, 4.69) is 20.3 Å². The van der Waals surface area contributed by atoms with E-state index in [9.17, 15) is 4.39 Å². The first-order valence-corrected chi connectivity index (χ1v) is 8.18. The average Bonchev–Trinajstić information content (AvgIpc) is 3.16. The van der Waals surface area contributed by atoms with Gasteiger partial charge in [0.2, 0.25) is 11.7 Å². The number of benzene rings is 1. The molecule has 3 rings (SSSR count). The molecule has 0 N–H and O–H groups in total. The maximum Gasteiger partial charge on any atom is 0.226 e. The third-order valence-corrected chi connectivity index (χ3v) is 4.45. The maximum absolute atomic E-state index is 13.6. The SMILES string of the molecule is Cc1ccc(-c2noc(CCCSc3nncn3C)n2)cc1F. The van der Waals surface area contributed by atoms with Crippen molar-refractivity contribution in [1.29, 1.82) is 0 Å². The molecule has 23 heavy (non-hydrogen) atoms. The molecule has 6 nitrogen and oxygen atoms in total. The molecular weight excluding hydrogens is 317 g/mol. The Morgan fingerprint density at radius 1 is 1.35 bits per heavy atom. The lowest BCUT2D eigenvalue weighted by Gasteiger charge is -1.98. The van der Waals surface area contributed by atoms with Crippen molar-refractivity contribution in [3.63, 3.8) is 0 Å². The Morgan fingerprint density at radius 2 is 2.22 bits per heavy atom. The van der Waals surface area contributed by atoms with E-state index in [0.29, 0.717) is 29.3 Å². The van der Waals surface area contributed by atoms with E-state index in [1.165, 1.54) is 6.07 Å². The van der Waals surface area contributed by atoms with Crippen LogP contribution in [0.25, 0.3) is 11.4 Å². The summed E-state index contributed by atoms with van der Waals surface area (Å²) in [5.41, 5.74) is 1.22. The number of thioether (sulfide) groups is 1. The first-order chi connectivity index (χ1) is 11.1. The van der Waals surface area contributed by atoms with Crippen molar-refractivity contribution in [1.82, 2.24) is 24.9 Å². The number of aromatic nitrogens is 5. The molecule has 0 amide bonds. The minimum Gasteiger partial charge on any atom is -0.339 e. The van der Waals surface area contributed by atoms with Gasteiger partial charge >= 0.3 is 0 Å². The highest BCUT2D eigenvalue weighted by molar-refractivity contribution is 7.99. The summed E-state index contributed by atoms with van der Waals surface area (Å²) in [7, 11) is 1.91. The molecule has 0 unspecified atom stereocenters. The highest BCUT2D eigenvalue weighted by Gasteiger charge is 2.10. The summed E-state index contributed by atoms with van der Waals surface area (Å²) in [5.74, 6) is 1.58. The number of hydrogen-bond acceptors (Lipinski definition) is 6. The van der Waals surface area contributed by atoms with Crippen LogP contribution in [-0.2, 0) is 13.5 Å². The molecule has 0 aliphatic heterocycles. The Kier molecular flexibility index (Phi) is 4.71. The van der Waals surface area contributed by atoms with Crippen LogP contribution in [0, 0.1) is 12.7 Å². The third kappa shape index (κ3) is 3.76. The minimum absolute atomic E-state index is 0.270. The molecule has 0 aliphatic rings. The Hall–Kier alpha value is -2.22. The van der Waals surface area contributed by atoms with Crippen LogP contribution in [0.15, 0.2) is 34.2 Å². The zero-order chi connectivity index (χ0) is 16.2. The van der Waals surface area contributed by atoms with Crippen LogP contribution >= 0.6 is 11.8 Å². The van der Waals surface area contributed by atoms with E-state index < -0.39 is 0 Å². The Bertz CT molecular complexity index is 801. The maximum atomic E-state index is 13.6. The van der Waals surface area contributed by atoms with Crippen LogP contribution in [0.2, 0.25) is 0 Å². The van der Waals surface area contributed by atoms with Gasteiger partial charge in [-0.25, -0.2) is 4.39 Å². The van der Waals surface area contributed by atoms with Crippen molar-refractivity contribution < 1.29 is 8.91 Å². The van der Waals surface area contributed by atoms with Crippen LogP contribution in [0.5, 0.6) is 0 Å². The van der Waals surface area contributed by atoms with E-state index in [0.717, 1.165) is 17.3 Å². The summed E-state index contributed by atoms with van der Waals surface area (Å²) < 4.78 is 20.7. The average molecular weight is 333 g/mol. The molecule has 0 saturated heterocycles. The lowest BCUT2D eigenvalue weighted by molar-refractivity contribution is 0.378. The molecule has 1 aromatic carbocycles. The van der Waals surface area contributed by atoms with Gasteiger partial charge < -0.3 is 9.09 Å². The molecule has 2 aromatic heterocycles. The number of aryl methyl sites for hydroxylation is 3. The molecule has 120 valence electrons. The molecule has 0 aliphatic carbocycles. The topological polar surface area (TPSA) is 69.6 Å². The number of hydrogen-bond donors (Lipinski definition) is 0. The fourth-order valence-electron chi connectivity index (χ4n) is 2.00. The highest BCUT2D eigenvalue weighted by Crippen LogP contribution is 2.20. The summed E-state index contributed by atoms with van der Waals surface area (Å²) in [5, 5.41) is 12.6. The zero-order valence-electron chi connectivity index (χ0n) is 12.9. The van der Waals surface area contributed by atoms with Gasteiger partial charge in [0, 0.05) is 24.8 Å². The van der Waals surface area contributed by atoms with E-state index in [4.69, 9.17) is 4.52 Å². The second kappa shape index (κ2) is 6.91. The van der Waals surface area contributed by atoms with E-state index in [1.54, 1.807) is 37.1 Å². The molecule has 0 radical (unpaired) electrons. The molecule has 0 fully saturated rings. The smallest absolute Gasteiger partial charge is 0.226 e. The quantitative estimate of drug-likeness (QED) is 0.510. The Labute approximate surface area is 137 Å². The van der Waals surface area contributed by atoms with Crippen molar-refractivity contribution in [2.24, 2.45) is 7.05 Å². The molecule has 2 heterocycles. The normalized spacial score (nSPS) is 11.1. The lowest BCUT2D eigenvalue weighted by Crippen LogP contribution is -1.92. The first kappa shape index (κ1) is 15.7. The van der Waals surface area contributed by atoms with Crippen LogP contribution in [0.1, 0.15) is 17.9 Å². The molecule has 8 heteroatoms. The highest BCUT2D eigenvalue weighted by atomic mass is 32.2. The minimum atomic E-state index is -0.270. The molecule has 0 spiro atoms. The summed E-state index contributed by atoms with van der Waals surface area (Å²) in [6, 6.07) is 4.92. The Morgan fingerprint density at radius 3 is 2.96 bits per heavy atom. The fourth-order valence-corrected chi connectivity index (χ4v) is 2.82. The summed E-state index contributed by atoms with van der Waals surface area (Å²) >= 11 is 1.63. The number of rotatable bonds is 6. The van der Waals surface area contributed by atoms with E-state index >= 15 is 0 Å². The standard InChI is InChI=1S/C15H16FN5OS/c1-10-5-6-11(8-12(10)16)14-18-13(22-20-14)4-3-7-23-15-19-17-9-21(15)2/h5-6,8-9H,3-4,7H2,1-2H3. The first-order valence-electron chi connectivity index (χ1n) is 7.19. The van der Waals surface area contributed by atoms with Gasteiger partial charge in [0.1, 0.15) is 12.1 Å². The monoisotopic (exact) mass is 333 g/mol. The zero-order valence-corrected chi connectivity index (χ0v) is 13.7. The second-order valence-corrected chi connectivity index (χ2v) is 6.21. The molecule has 0 bridgehead atoms. The van der Waals surface area contributed by atoms with E-state index in [-0.39, 0.29) is 5.82 Å². The van der Waals surface area contributed by atoms with Gasteiger partial charge in [0.15, 0.2) is 5.16 Å². The van der Waals surface area contributed by atoms with Gasteiger partial charge in [-0.2, -0.15) is 4.98 Å². The lowest BCUT2D eigenvalue weighted by atomic mass is 10.1. The Balaban J connectivity index is 1.55. The predicted molar refractivity (Wildman–Crippen MR) is 84.5 cm³/mol. The van der Waals surface area contributed by atoms with Gasteiger partial charge in [-0.3, -0.25) is 0 Å². The third-order valence-electron chi connectivity index (χ3n) is 3.33. The number of halogens is 1. The molecule has 3 aromatic rings. The van der Waals surface area contributed by atoms with Crippen molar-refractivity contribution in [2.75, 3.05) is 5.75 Å². The fraction of sp³-hybridized carbons (Fsp3) is 0.333. The summed E-state index contributed by atoms with van der Waals surface area (Å²) in [6.45, 7) is 1.72. The largest absolute Gasteiger partial charge is 0.339 e. The predicted octanol–water partition coefficient (Wildman–Crippen LogP) is 3.04. The summed E-state index contributed by atoms with van der Waals surface area (Å²) in [4.78, 5) is 4.32. The van der Waals surface area contributed by atoms with Crippen molar-refractivity contribution in [3.05, 3.63) is 41.8 Å². The van der Waals surface area contributed by atoms with Gasteiger partial charge in [-0.05, 0) is 25.0 Å². The van der Waals surface area contributed by atoms with E-state index in [1.807, 2.05) is 11.6 Å². The van der Waals surface area contributed by atoms with Crippen LogP contribution in [0.3, 0.4) is 0 Å². The van der Waals surface area contributed by atoms with Crippen molar-refractivity contribution >= 4 is 11.8 Å². The van der Waals surface area contributed by atoms with Crippen molar-refractivity contribution in [3.8, 4) is 11.4 Å². The van der Waals surface area contributed by atoms with Gasteiger partial charge in [0.25, 0.3) is 0 Å². The van der Waals surface area contributed by atoms with Gasteiger partial charge in [0.05, 0.1) is 0 Å². The molecule has 0 saturated carbocycles. The second-order valence-electron chi connectivity index (χ2n) is 5.15. The van der Waals surface area contributed by atoms with Crippen LogP contribution in [-0.4, -0.2) is 30.7 Å².